The van der Waals surface area contributed by atoms with Gasteiger partial charge in [-0.05, 0) is 38.1 Å². The number of fused-ring (bicyclic) bond motifs is 5. The highest BCUT2D eigenvalue weighted by atomic mass is 16.5. The van der Waals surface area contributed by atoms with Crippen molar-refractivity contribution in [1.82, 2.24) is 4.57 Å². The van der Waals surface area contributed by atoms with E-state index < -0.39 is 0 Å². The second-order valence-electron chi connectivity index (χ2n) is 6.69. The molecule has 0 amide bonds. The van der Waals surface area contributed by atoms with Crippen molar-refractivity contribution >= 4 is 0 Å². The second kappa shape index (κ2) is 5.63. The highest BCUT2D eigenvalue weighted by Gasteiger charge is 2.27. The van der Waals surface area contributed by atoms with E-state index in [1.165, 1.54) is 28.2 Å². The molecule has 1 aliphatic rings. The zero-order valence-corrected chi connectivity index (χ0v) is 14.9. The second-order valence-corrected chi connectivity index (χ2v) is 6.69. The average molecular weight is 337 g/mol. The molecule has 0 bridgehead atoms. The van der Waals surface area contributed by atoms with Gasteiger partial charge in [0, 0.05) is 39.3 Å². The van der Waals surface area contributed by atoms with Crippen LogP contribution in [-0.4, -0.2) is 4.57 Å². The lowest BCUT2D eigenvalue weighted by Gasteiger charge is -2.13. The van der Waals surface area contributed by atoms with Crippen molar-refractivity contribution < 1.29 is 4.74 Å². The summed E-state index contributed by atoms with van der Waals surface area (Å²) in [5, 5.41) is 0. The highest BCUT2D eigenvalue weighted by Crippen LogP contribution is 2.50. The molecule has 0 radical (unpaired) electrons. The zero-order chi connectivity index (χ0) is 17.7. The van der Waals surface area contributed by atoms with Gasteiger partial charge in [-0.3, -0.25) is 0 Å². The normalized spacial score (nSPS) is 11.8. The summed E-state index contributed by atoms with van der Waals surface area (Å²) >= 11 is 0. The smallest absolute Gasteiger partial charge is 0.135 e. The Morgan fingerprint density at radius 1 is 0.577 bits per heavy atom. The number of benzene rings is 3. The SMILES string of the molecule is Cc1c2c(c(C)n1-c1ccccc1)-c1ccccc1Oc1ccccc1-2. The van der Waals surface area contributed by atoms with Gasteiger partial charge in [0.15, 0.2) is 0 Å². The molecule has 0 saturated carbocycles. The van der Waals surface area contributed by atoms with Gasteiger partial charge in [-0.1, -0.05) is 54.6 Å². The fourth-order valence-corrected chi connectivity index (χ4v) is 4.10. The van der Waals surface area contributed by atoms with Crippen molar-refractivity contribution in [3.8, 4) is 39.4 Å². The minimum absolute atomic E-state index is 0.909. The molecule has 0 fully saturated rings. The van der Waals surface area contributed by atoms with E-state index in [4.69, 9.17) is 4.74 Å². The van der Waals surface area contributed by atoms with Crippen LogP contribution in [0.5, 0.6) is 11.5 Å². The molecule has 3 aromatic carbocycles. The Hall–Kier alpha value is -3.26. The molecule has 0 N–H and O–H groups in total. The molecule has 2 heterocycles. The fourth-order valence-electron chi connectivity index (χ4n) is 4.10. The third kappa shape index (κ3) is 2.05. The highest BCUT2D eigenvalue weighted by molar-refractivity contribution is 5.94. The van der Waals surface area contributed by atoms with E-state index in [2.05, 4.69) is 85.1 Å². The molecule has 0 saturated heterocycles. The molecule has 2 nitrogen and oxygen atoms in total. The van der Waals surface area contributed by atoms with Gasteiger partial charge >= 0.3 is 0 Å². The van der Waals surface area contributed by atoms with Crippen LogP contribution in [0.2, 0.25) is 0 Å². The van der Waals surface area contributed by atoms with Gasteiger partial charge in [-0.25, -0.2) is 0 Å². The average Bonchev–Trinajstić information content (AvgIpc) is 2.84. The fraction of sp³-hybridized carbons (Fsp3) is 0.0833. The predicted molar refractivity (Wildman–Crippen MR) is 106 cm³/mol. The largest absolute Gasteiger partial charge is 0.456 e. The maximum atomic E-state index is 6.29. The summed E-state index contributed by atoms with van der Waals surface area (Å²) in [4.78, 5) is 0. The number of nitrogens with zero attached hydrogens (tertiary/aromatic N) is 1. The van der Waals surface area contributed by atoms with E-state index in [1.54, 1.807) is 0 Å². The summed E-state index contributed by atoms with van der Waals surface area (Å²) in [7, 11) is 0. The Bertz CT molecular complexity index is 1050. The lowest BCUT2D eigenvalue weighted by Crippen LogP contribution is -1.99. The Morgan fingerprint density at radius 2 is 1.04 bits per heavy atom. The Balaban J connectivity index is 1.93. The summed E-state index contributed by atoms with van der Waals surface area (Å²) in [5.74, 6) is 1.82. The summed E-state index contributed by atoms with van der Waals surface area (Å²) < 4.78 is 8.64. The first-order chi connectivity index (χ1) is 12.8. The van der Waals surface area contributed by atoms with Crippen LogP contribution in [0.1, 0.15) is 11.4 Å². The van der Waals surface area contributed by atoms with Crippen LogP contribution < -0.4 is 4.74 Å². The minimum Gasteiger partial charge on any atom is -0.456 e. The lowest BCUT2D eigenvalue weighted by molar-refractivity contribution is 0.487. The van der Waals surface area contributed by atoms with Crippen LogP contribution in [0.15, 0.2) is 78.9 Å². The zero-order valence-electron chi connectivity index (χ0n) is 14.9. The Kier molecular flexibility index (Phi) is 3.26. The third-order valence-electron chi connectivity index (χ3n) is 5.19. The van der Waals surface area contributed by atoms with Crippen molar-refractivity contribution in [2.75, 3.05) is 0 Å². The molecule has 0 atom stereocenters. The summed E-state index contributed by atoms with van der Waals surface area (Å²) in [6.07, 6.45) is 0. The molecule has 0 aliphatic carbocycles. The topological polar surface area (TPSA) is 14.2 Å². The summed E-state index contributed by atoms with van der Waals surface area (Å²) in [6.45, 7) is 4.40. The number of para-hydroxylation sites is 3. The van der Waals surface area contributed by atoms with E-state index >= 15 is 0 Å². The van der Waals surface area contributed by atoms with Crippen LogP contribution in [0.25, 0.3) is 27.9 Å². The van der Waals surface area contributed by atoms with Gasteiger partial charge in [-0.15, -0.1) is 0 Å². The van der Waals surface area contributed by atoms with Gasteiger partial charge in [0.25, 0.3) is 0 Å². The molecule has 0 spiro atoms. The minimum atomic E-state index is 0.909. The standard InChI is InChI=1S/C24H19NO/c1-16-23-19-12-6-8-14-21(19)26-22-15-9-7-13-20(22)24(23)17(2)25(16)18-10-4-3-5-11-18/h3-15H,1-2H3. The molecule has 0 unspecified atom stereocenters. The van der Waals surface area contributed by atoms with Gasteiger partial charge in [0.1, 0.15) is 11.5 Å². The number of hydrogen-bond donors (Lipinski definition) is 0. The molecule has 126 valence electrons. The maximum Gasteiger partial charge on any atom is 0.135 e. The quantitative estimate of drug-likeness (QED) is 0.339. The van der Waals surface area contributed by atoms with Crippen LogP contribution in [0.4, 0.5) is 0 Å². The molecule has 2 heteroatoms. The molecule has 4 aromatic rings. The Morgan fingerprint density at radius 3 is 1.58 bits per heavy atom. The third-order valence-corrected chi connectivity index (χ3v) is 5.19. The monoisotopic (exact) mass is 337 g/mol. The maximum absolute atomic E-state index is 6.29. The van der Waals surface area contributed by atoms with Gasteiger partial charge < -0.3 is 9.30 Å². The number of aromatic nitrogens is 1. The molecule has 26 heavy (non-hydrogen) atoms. The van der Waals surface area contributed by atoms with E-state index in [-0.39, 0.29) is 0 Å². The van der Waals surface area contributed by atoms with E-state index in [9.17, 15) is 0 Å². The lowest BCUT2D eigenvalue weighted by atomic mass is 9.95. The van der Waals surface area contributed by atoms with E-state index in [0.717, 1.165) is 22.6 Å². The van der Waals surface area contributed by atoms with Crippen molar-refractivity contribution in [2.45, 2.75) is 13.8 Å². The van der Waals surface area contributed by atoms with Crippen molar-refractivity contribution in [3.05, 3.63) is 90.3 Å². The van der Waals surface area contributed by atoms with Crippen LogP contribution in [0.3, 0.4) is 0 Å². The van der Waals surface area contributed by atoms with Crippen LogP contribution >= 0.6 is 0 Å². The predicted octanol–water partition coefficient (Wildman–Crippen LogP) is 6.53. The van der Waals surface area contributed by atoms with Crippen LogP contribution in [-0.2, 0) is 0 Å². The van der Waals surface area contributed by atoms with Gasteiger partial charge in [0.05, 0.1) is 0 Å². The van der Waals surface area contributed by atoms with Crippen molar-refractivity contribution in [3.63, 3.8) is 0 Å². The first-order valence-electron chi connectivity index (χ1n) is 8.89. The summed E-state index contributed by atoms with van der Waals surface area (Å²) in [6, 6.07) is 27.2. The number of rotatable bonds is 1. The first kappa shape index (κ1) is 15.0. The molecular formula is C24H19NO. The Labute approximate surface area is 153 Å². The molecule has 1 aliphatic heterocycles. The van der Waals surface area contributed by atoms with Crippen molar-refractivity contribution in [1.29, 1.82) is 0 Å². The van der Waals surface area contributed by atoms with Gasteiger partial charge in [0.2, 0.25) is 0 Å². The molecule has 5 rings (SSSR count). The summed E-state index contributed by atoms with van der Waals surface area (Å²) in [5.41, 5.74) is 8.46. The number of ether oxygens (including phenoxy) is 1. The molecule has 1 aromatic heterocycles. The van der Waals surface area contributed by atoms with E-state index in [0.29, 0.717) is 0 Å². The molecular weight excluding hydrogens is 318 g/mol. The van der Waals surface area contributed by atoms with E-state index in [1.807, 2.05) is 12.1 Å². The number of hydrogen-bond acceptors (Lipinski definition) is 1. The van der Waals surface area contributed by atoms with Gasteiger partial charge in [-0.2, -0.15) is 0 Å². The van der Waals surface area contributed by atoms with Crippen LogP contribution in [0, 0.1) is 13.8 Å². The first-order valence-corrected chi connectivity index (χ1v) is 8.89. The van der Waals surface area contributed by atoms with Crippen molar-refractivity contribution in [2.24, 2.45) is 0 Å².